The van der Waals surface area contributed by atoms with Gasteiger partial charge < -0.3 is 9.73 Å². The molecule has 0 aliphatic carbocycles. The lowest BCUT2D eigenvalue weighted by molar-refractivity contribution is 0.571. The third-order valence-corrected chi connectivity index (χ3v) is 2.66. The van der Waals surface area contributed by atoms with Gasteiger partial charge in [0.15, 0.2) is 0 Å². The van der Waals surface area contributed by atoms with Crippen molar-refractivity contribution in [1.29, 1.82) is 0 Å². The van der Waals surface area contributed by atoms with Crippen molar-refractivity contribution in [3.63, 3.8) is 0 Å². The fourth-order valence-corrected chi connectivity index (χ4v) is 1.58. The molecule has 0 atom stereocenters. The zero-order chi connectivity index (χ0) is 11.5. The third kappa shape index (κ3) is 2.14. The second kappa shape index (κ2) is 4.49. The molecular weight excluding hydrogens is 200 g/mol. The smallest absolute Gasteiger partial charge is 0.226 e. The Bertz CT molecular complexity index is 488. The highest BCUT2D eigenvalue weighted by Crippen LogP contribution is 2.21. The van der Waals surface area contributed by atoms with E-state index in [1.165, 1.54) is 11.1 Å². The van der Waals surface area contributed by atoms with E-state index in [1.807, 2.05) is 13.1 Å². The van der Waals surface area contributed by atoms with Crippen LogP contribution in [0.15, 0.2) is 28.9 Å². The molecule has 0 aliphatic heterocycles. The minimum absolute atomic E-state index is 0.688. The van der Waals surface area contributed by atoms with Gasteiger partial charge >= 0.3 is 0 Å². The first-order valence-corrected chi connectivity index (χ1v) is 5.37. The molecule has 84 valence electrons. The molecule has 0 bridgehead atoms. The van der Waals surface area contributed by atoms with Gasteiger partial charge in [0.1, 0.15) is 6.26 Å². The van der Waals surface area contributed by atoms with Gasteiger partial charge in [0.2, 0.25) is 5.89 Å². The Balaban J connectivity index is 2.31. The Kier molecular flexibility index (Phi) is 3.06. The molecule has 1 N–H and O–H groups in total. The van der Waals surface area contributed by atoms with Crippen molar-refractivity contribution in [1.82, 2.24) is 10.3 Å². The van der Waals surface area contributed by atoms with Crippen LogP contribution in [-0.4, -0.2) is 12.0 Å². The molecule has 0 fully saturated rings. The molecule has 0 unspecified atom stereocenters. The Hall–Kier alpha value is -1.61. The molecule has 3 heteroatoms. The largest absolute Gasteiger partial charge is 0.444 e. The highest BCUT2D eigenvalue weighted by atomic mass is 16.3. The van der Waals surface area contributed by atoms with Crippen LogP contribution in [-0.2, 0) is 6.54 Å². The first kappa shape index (κ1) is 10.9. The lowest BCUT2D eigenvalue weighted by Gasteiger charge is -2.01. The lowest BCUT2D eigenvalue weighted by atomic mass is 10.1. The van der Waals surface area contributed by atoms with Crippen LogP contribution >= 0.6 is 0 Å². The first-order chi connectivity index (χ1) is 7.70. The van der Waals surface area contributed by atoms with Crippen molar-refractivity contribution in [2.75, 3.05) is 7.05 Å². The van der Waals surface area contributed by atoms with Gasteiger partial charge in [0.25, 0.3) is 0 Å². The van der Waals surface area contributed by atoms with Crippen LogP contribution in [0.1, 0.15) is 16.8 Å². The molecule has 0 radical (unpaired) electrons. The zero-order valence-corrected chi connectivity index (χ0v) is 9.87. The molecule has 0 saturated heterocycles. The second-order valence-electron chi connectivity index (χ2n) is 3.97. The van der Waals surface area contributed by atoms with E-state index < -0.39 is 0 Å². The van der Waals surface area contributed by atoms with Crippen LogP contribution in [0.2, 0.25) is 0 Å². The average Bonchev–Trinajstić information content (AvgIpc) is 2.71. The Morgan fingerprint density at radius 1 is 1.25 bits per heavy atom. The number of oxazole rings is 1. The fraction of sp³-hybridized carbons (Fsp3) is 0.308. The van der Waals surface area contributed by atoms with Crippen molar-refractivity contribution in [2.45, 2.75) is 20.4 Å². The normalized spacial score (nSPS) is 10.7. The zero-order valence-electron chi connectivity index (χ0n) is 9.87. The van der Waals surface area contributed by atoms with Crippen LogP contribution in [0.4, 0.5) is 0 Å². The molecule has 2 aromatic rings. The van der Waals surface area contributed by atoms with E-state index >= 15 is 0 Å². The fourth-order valence-electron chi connectivity index (χ4n) is 1.58. The molecule has 0 aliphatic rings. The van der Waals surface area contributed by atoms with E-state index in [0.29, 0.717) is 5.89 Å². The van der Waals surface area contributed by atoms with E-state index in [-0.39, 0.29) is 0 Å². The summed E-state index contributed by atoms with van der Waals surface area (Å²) in [5.74, 6) is 0.688. The molecule has 0 saturated carbocycles. The van der Waals surface area contributed by atoms with Gasteiger partial charge in [-0.3, -0.25) is 0 Å². The number of aryl methyl sites for hydroxylation is 2. The standard InChI is InChI=1S/C13H16N2O/c1-9-4-5-11(6-10(9)2)13-15-12(7-14-3)8-16-13/h4-6,8,14H,7H2,1-3H3. The summed E-state index contributed by atoms with van der Waals surface area (Å²) in [6.45, 7) is 4.92. The topological polar surface area (TPSA) is 38.1 Å². The van der Waals surface area contributed by atoms with E-state index in [0.717, 1.165) is 17.8 Å². The Morgan fingerprint density at radius 2 is 2.06 bits per heavy atom. The number of nitrogens with one attached hydrogen (secondary N) is 1. The van der Waals surface area contributed by atoms with Crippen molar-refractivity contribution in [2.24, 2.45) is 0 Å². The summed E-state index contributed by atoms with van der Waals surface area (Å²) in [5.41, 5.74) is 4.50. The third-order valence-electron chi connectivity index (χ3n) is 2.66. The molecule has 0 spiro atoms. The summed E-state index contributed by atoms with van der Waals surface area (Å²) in [6.07, 6.45) is 1.70. The van der Waals surface area contributed by atoms with E-state index in [9.17, 15) is 0 Å². The molecule has 1 aromatic heterocycles. The predicted octanol–water partition coefficient (Wildman–Crippen LogP) is 2.68. The Labute approximate surface area is 95.5 Å². The van der Waals surface area contributed by atoms with Crippen LogP contribution < -0.4 is 5.32 Å². The van der Waals surface area contributed by atoms with Gasteiger partial charge in [-0.1, -0.05) is 6.07 Å². The summed E-state index contributed by atoms with van der Waals surface area (Å²) in [7, 11) is 1.89. The van der Waals surface area contributed by atoms with Crippen molar-refractivity contribution in [3.8, 4) is 11.5 Å². The molecule has 1 heterocycles. The highest BCUT2D eigenvalue weighted by molar-refractivity contribution is 5.55. The summed E-state index contributed by atoms with van der Waals surface area (Å²) in [6, 6.07) is 6.23. The van der Waals surface area contributed by atoms with Gasteiger partial charge in [0, 0.05) is 12.1 Å². The van der Waals surface area contributed by atoms with Crippen molar-refractivity contribution in [3.05, 3.63) is 41.3 Å². The lowest BCUT2D eigenvalue weighted by Crippen LogP contribution is -2.04. The molecular formula is C13H16N2O. The highest BCUT2D eigenvalue weighted by Gasteiger charge is 2.06. The maximum Gasteiger partial charge on any atom is 0.226 e. The molecule has 0 amide bonds. The predicted molar refractivity (Wildman–Crippen MR) is 64.2 cm³/mol. The second-order valence-corrected chi connectivity index (χ2v) is 3.97. The Morgan fingerprint density at radius 3 is 2.75 bits per heavy atom. The summed E-state index contributed by atoms with van der Waals surface area (Å²) >= 11 is 0. The average molecular weight is 216 g/mol. The van der Waals surface area contributed by atoms with E-state index in [4.69, 9.17) is 4.42 Å². The SMILES string of the molecule is CNCc1coc(-c2ccc(C)c(C)c2)n1. The van der Waals surface area contributed by atoms with Gasteiger partial charge in [-0.05, 0) is 44.2 Å². The molecule has 16 heavy (non-hydrogen) atoms. The monoisotopic (exact) mass is 216 g/mol. The van der Waals surface area contributed by atoms with Crippen LogP contribution in [0.3, 0.4) is 0 Å². The number of hydrogen-bond donors (Lipinski definition) is 1. The van der Waals surface area contributed by atoms with Crippen LogP contribution in [0, 0.1) is 13.8 Å². The number of nitrogens with zero attached hydrogens (tertiary/aromatic N) is 1. The first-order valence-electron chi connectivity index (χ1n) is 5.37. The van der Waals surface area contributed by atoms with Crippen molar-refractivity contribution >= 4 is 0 Å². The number of hydrogen-bond acceptors (Lipinski definition) is 3. The summed E-state index contributed by atoms with van der Waals surface area (Å²) in [4.78, 5) is 4.41. The molecule has 3 nitrogen and oxygen atoms in total. The van der Waals surface area contributed by atoms with Crippen LogP contribution in [0.5, 0.6) is 0 Å². The number of aromatic nitrogens is 1. The maximum atomic E-state index is 5.45. The minimum Gasteiger partial charge on any atom is -0.444 e. The van der Waals surface area contributed by atoms with Crippen molar-refractivity contribution < 1.29 is 4.42 Å². The summed E-state index contributed by atoms with van der Waals surface area (Å²) < 4.78 is 5.45. The van der Waals surface area contributed by atoms with Crippen LogP contribution in [0.25, 0.3) is 11.5 Å². The molecule has 1 aromatic carbocycles. The van der Waals surface area contributed by atoms with Gasteiger partial charge in [-0.2, -0.15) is 0 Å². The summed E-state index contributed by atoms with van der Waals surface area (Å²) in [5, 5.41) is 3.05. The van der Waals surface area contributed by atoms with Gasteiger partial charge in [-0.25, -0.2) is 4.98 Å². The van der Waals surface area contributed by atoms with E-state index in [2.05, 4.69) is 36.3 Å². The van der Waals surface area contributed by atoms with Gasteiger partial charge in [0.05, 0.1) is 5.69 Å². The number of benzene rings is 1. The quantitative estimate of drug-likeness (QED) is 0.857. The molecule has 2 rings (SSSR count). The minimum atomic E-state index is 0.688. The maximum absolute atomic E-state index is 5.45. The van der Waals surface area contributed by atoms with E-state index in [1.54, 1.807) is 6.26 Å². The van der Waals surface area contributed by atoms with Gasteiger partial charge in [-0.15, -0.1) is 0 Å². The number of rotatable bonds is 3.